The fourth-order valence-corrected chi connectivity index (χ4v) is 4.67. The van der Waals surface area contributed by atoms with Gasteiger partial charge in [0.2, 0.25) is 0 Å². The van der Waals surface area contributed by atoms with E-state index in [0.717, 1.165) is 38.6 Å². The van der Waals surface area contributed by atoms with Crippen LogP contribution in [0.1, 0.15) is 35.1 Å². The standard InChI is InChI=1S/C22H24N4O3S/c1-11(19-7-8-20(30-19)21-12(2)26-29-13(21)3)23-22-15-9-17(27-5)18(28-6)10-16(15)24-14(4)25-22/h7-11H,1-6H3,(H,23,24,25)/t11-/m0/s1. The van der Waals surface area contributed by atoms with Crippen LogP contribution in [0.2, 0.25) is 0 Å². The molecular weight excluding hydrogens is 400 g/mol. The minimum Gasteiger partial charge on any atom is -0.493 e. The van der Waals surface area contributed by atoms with Crippen LogP contribution < -0.4 is 14.8 Å². The van der Waals surface area contributed by atoms with Crippen LogP contribution in [0.25, 0.3) is 21.3 Å². The van der Waals surface area contributed by atoms with Crippen LogP contribution >= 0.6 is 11.3 Å². The quantitative estimate of drug-likeness (QED) is 0.440. The van der Waals surface area contributed by atoms with E-state index in [1.54, 1.807) is 25.6 Å². The zero-order valence-electron chi connectivity index (χ0n) is 17.9. The summed E-state index contributed by atoms with van der Waals surface area (Å²) in [7, 11) is 3.24. The number of ether oxygens (including phenoxy) is 2. The molecule has 1 aromatic carbocycles. The molecule has 4 rings (SSSR count). The van der Waals surface area contributed by atoms with Crippen LogP contribution in [0.15, 0.2) is 28.8 Å². The molecule has 0 fully saturated rings. The average Bonchev–Trinajstić information content (AvgIpc) is 3.33. The van der Waals surface area contributed by atoms with Gasteiger partial charge in [0, 0.05) is 21.2 Å². The SMILES string of the molecule is COc1cc2nc(C)nc(N[C@@H](C)c3ccc(-c4c(C)noc4C)s3)c2cc1OC. The number of methoxy groups -OCH3 is 2. The molecule has 3 aromatic heterocycles. The highest BCUT2D eigenvalue weighted by Gasteiger charge is 2.18. The van der Waals surface area contributed by atoms with Gasteiger partial charge >= 0.3 is 0 Å². The number of benzene rings is 1. The molecule has 7 nitrogen and oxygen atoms in total. The van der Waals surface area contributed by atoms with E-state index >= 15 is 0 Å². The Morgan fingerprint density at radius 3 is 2.43 bits per heavy atom. The number of aromatic nitrogens is 3. The van der Waals surface area contributed by atoms with Crippen molar-refractivity contribution >= 4 is 28.1 Å². The second-order valence-electron chi connectivity index (χ2n) is 7.11. The Bertz CT molecular complexity index is 1200. The number of nitrogens with zero attached hydrogens (tertiary/aromatic N) is 3. The Morgan fingerprint density at radius 1 is 1.03 bits per heavy atom. The van der Waals surface area contributed by atoms with Crippen LogP contribution in [0.3, 0.4) is 0 Å². The first-order valence-corrected chi connectivity index (χ1v) is 10.4. The molecule has 1 N–H and O–H groups in total. The van der Waals surface area contributed by atoms with Gasteiger partial charge < -0.3 is 19.3 Å². The summed E-state index contributed by atoms with van der Waals surface area (Å²) in [6.07, 6.45) is 0. The van der Waals surface area contributed by atoms with E-state index in [0.29, 0.717) is 17.3 Å². The smallest absolute Gasteiger partial charge is 0.162 e. The Labute approximate surface area is 179 Å². The first-order valence-electron chi connectivity index (χ1n) is 9.61. The highest BCUT2D eigenvalue weighted by molar-refractivity contribution is 7.15. The Hall–Kier alpha value is -3.13. The summed E-state index contributed by atoms with van der Waals surface area (Å²) in [5, 5.41) is 8.49. The largest absolute Gasteiger partial charge is 0.493 e. The van der Waals surface area contributed by atoms with Gasteiger partial charge in [-0.15, -0.1) is 11.3 Å². The van der Waals surface area contributed by atoms with E-state index in [9.17, 15) is 0 Å². The number of nitrogens with one attached hydrogen (secondary N) is 1. The lowest BCUT2D eigenvalue weighted by Gasteiger charge is -2.16. The van der Waals surface area contributed by atoms with Crippen LogP contribution in [0, 0.1) is 20.8 Å². The Kier molecular flexibility index (Phi) is 5.34. The van der Waals surface area contributed by atoms with Crippen molar-refractivity contribution in [1.82, 2.24) is 15.1 Å². The number of aryl methyl sites for hydroxylation is 3. The van der Waals surface area contributed by atoms with Crippen molar-refractivity contribution in [2.24, 2.45) is 0 Å². The number of anilines is 1. The van der Waals surface area contributed by atoms with E-state index in [1.165, 1.54) is 4.88 Å². The van der Waals surface area contributed by atoms with Crippen molar-refractivity contribution in [2.45, 2.75) is 33.7 Å². The molecule has 0 radical (unpaired) electrons. The monoisotopic (exact) mass is 424 g/mol. The van der Waals surface area contributed by atoms with Gasteiger partial charge in [0.1, 0.15) is 17.4 Å². The summed E-state index contributed by atoms with van der Waals surface area (Å²) in [6, 6.07) is 8.08. The highest BCUT2D eigenvalue weighted by atomic mass is 32.1. The van der Waals surface area contributed by atoms with Crippen molar-refractivity contribution in [2.75, 3.05) is 19.5 Å². The maximum Gasteiger partial charge on any atom is 0.162 e. The lowest BCUT2D eigenvalue weighted by molar-refractivity contribution is 0.356. The third kappa shape index (κ3) is 3.59. The summed E-state index contributed by atoms with van der Waals surface area (Å²) >= 11 is 1.72. The Morgan fingerprint density at radius 2 is 1.77 bits per heavy atom. The zero-order valence-corrected chi connectivity index (χ0v) is 18.7. The molecular formula is C22H24N4O3S. The number of hydrogen-bond donors (Lipinski definition) is 1. The van der Waals surface area contributed by atoms with Crippen molar-refractivity contribution in [3.63, 3.8) is 0 Å². The van der Waals surface area contributed by atoms with Crippen molar-refractivity contribution < 1.29 is 14.0 Å². The first kappa shape index (κ1) is 20.2. The van der Waals surface area contributed by atoms with Gasteiger partial charge in [-0.2, -0.15) is 0 Å². The fraction of sp³-hybridized carbons (Fsp3) is 0.318. The highest BCUT2D eigenvalue weighted by Crippen LogP contribution is 2.38. The molecule has 30 heavy (non-hydrogen) atoms. The molecule has 156 valence electrons. The van der Waals surface area contributed by atoms with E-state index in [1.807, 2.05) is 32.9 Å². The minimum atomic E-state index is 0.0508. The van der Waals surface area contributed by atoms with Crippen molar-refractivity contribution in [3.8, 4) is 21.9 Å². The predicted molar refractivity (Wildman–Crippen MR) is 119 cm³/mol. The molecule has 0 aliphatic heterocycles. The number of rotatable bonds is 6. The zero-order chi connectivity index (χ0) is 21.4. The third-order valence-electron chi connectivity index (χ3n) is 5.00. The van der Waals surface area contributed by atoms with Gasteiger partial charge in [-0.3, -0.25) is 0 Å². The van der Waals surface area contributed by atoms with Crippen LogP contribution in [0.5, 0.6) is 11.5 Å². The maximum atomic E-state index is 5.47. The lowest BCUT2D eigenvalue weighted by atomic mass is 10.1. The van der Waals surface area contributed by atoms with E-state index in [2.05, 4.69) is 39.5 Å². The van der Waals surface area contributed by atoms with Gasteiger partial charge in [-0.1, -0.05) is 5.16 Å². The molecule has 0 aliphatic carbocycles. The summed E-state index contributed by atoms with van der Waals surface area (Å²) in [5.41, 5.74) is 2.77. The van der Waals surface area contributed by atoms with E-state index < -0.39 is 0 Å². The van der Waals surface area contributed by atoms with Gasteiger partial charge in [-0.25, -0.2) is 9.97 Å². The molecule has 1 atom stereocenters. The topological polar surface area (TPSA) is 82.3 Å². The lowest BCUT2D eigenvalue weighted by Crippen LogP contribution is -2.08. The molecule has 0 saturated carbocycles. The van der Waals surface area contributed by atoms with Crippen molar-refractivity contribution in [1.29, 1.82) is 0 Å². The maximum absolute atomic E-state index is 5.47. The molecule has 0 aliphatic rings. The molecule has 8 heteroatoms. The van der Waals surface area contributed by atoms with Gasteiger partial charge in [0.15, 0.2) is 11.5 Å². The molecule has 0 amide bonds. The van der Waals surface area contributed by atoms with E-state index in [4.69, 9.17) is 14.0 Å². The number of fused-ring (bicyclic) bond motifs is 1. The minimum absolute atomic E-state index is 0.0508. The summed E-state index contributed by atoms with van der Waals surface area (Å²) in [5.74, 6) is 3.57. The van der Waals surface area contributed by atoms with Crippen molar-refractivity contribution in [3.05, 3.63) is 46.4 Å². The third-order valence-corrected chi connectivity index (χ3v) is 6.28. The molecule has 4 aromatic rings. The fourth-order valence-electron chi connectivity index (χ4n) is 3.51. The molecule has 0 bridgehead atoms. The summed E-state index contributed by atoms with van der Waals surface area (Å²) < 4.78 is 16.2. The number of hydrogen-bond acceptors (Lipinski definition) is 8. The molecule has 3 heterocycles. The normalized spacial score (nSPS) is 12.2. The number of thiophene rings is 1. The molecule has 0 spiro atoms. The second-order valence-corrected chi connectivity index (χ2v) is 8.23. The molecule has 0 saturated heterocycles. The first-order chi connectivity index (χ1) is 14.4. The van der Waals surface area contributed by atoms with Gasteiger partial charge in [-0.05, 0) is 45.9 Å². The molecule has 0 unspecified atom stereocenters. The van der Waals surface area contributed by atoms with E-state index in [-0.39, 0.29) is 6.04 Å². The van der Waals surface area contributed by atoms with Gasteiger partial charge in [0.05, 0.1) is 37.0 Å². The summed E-state index contributed by atoms with van der Waals surface area (Å²) in [6.45, 7) is 7.90. The summed E-state index contributed by atoms with van der Waals surface area (Å²) in [4.78, 5) is 11.5. The Balaban J connectivity index is 1.69. The van der Waals surface area contributed by atoms with Crippen LogP contribution in [-0.4, -0.2) is 29.3 Å². The average molecular weight is 425 g/mol. The predicted octanol–water partition coefficient (Wildman–Crippen LogP) is 5.46. The van der Waals surface area contributed by atoms with Gasteiger partial charge in [0.25, 0.3) is 0 Å². The van der Waals surface area contributed by atoms with Crippen LogP contribution in [-0.2, 0) is 0 Å². The second kappa shape index (κ2) is 7.95. The van der Waals surface area contributed by atoms with Crippen LogP contribution in [0.4, 0.5) is 5.82 Å².